The van der Waals surface area contributed by atoms with Crippen LogP contribution < -0.4 is 15.8 Å². The van der Waals surface area contributed by atoms with E-state index in [2.05, 4.69) is 32.0 Å². The van der Waals surface area contributed by atoms with E-state index in [1.54, 1.807) is 18.2 Å². The maximum atomic E-state index is 15.5. The number of hydrogen-bond acceptors (Lipinski definition) is 8. The van der Waals surface area contributed by atoms with Crippen LogP contribution in [0.15, 0.2) is 64.8 Å². The van der Waals surface area contributed by atoms with Gasteiger partial charge in [0.05, 0.1) is 33.9 Å². The summed E-state index contributed by atoms with van der Waals surface area (Å²) in [5.41, 5.74) is 1.82. The zero-order valence-electron chi connectivity index (χ0n) is 30.8. The fraction of sp³-hybridized carbons (Fsp3) is 0.368. The molecule has 0 spiro atoms. The van der Waals surface area contributed by atoms with Crippen molar-refractivity contribution in [3.05, 3.63) is 87.6 Å². The second-order valence-electron chi connectivity index (χ2n) is 14.5. The molecule has 2 heterocycles. The Balaban J connectivity index is 1.50. The molecule has 2 saturated carbocycles. The van der Waals surface area contributed by atoms with Crippen molar-refractivity contribution in [2.24, 2.45) is 29.6 Å². The van der Waals surface area contributed by atoms with Gasteiger partial charge < -0.3 is 16.2 Å². The first-order chi connectivity index (χ1) is 26.4. The normalized spacial score (nSPS) is 20.0. The molecule has 1 amide bonds. The molecule has 0 radical (unpaired) electrons. The molecular formula is C38H36ClF6N7O4S. The number of sulfonamides is 1. The number of alkyl halides is 5. The molecule has 2 aliphatic rings. The second kappa shape index (κ2) is 15.0. The van der Waals surface area contributed by atoms with Crippen LogP contribution >= 0.6 is 11.6 Å². The number of aromatic nitrogens is 3. The summed E-state index contributed by atoms with van der Waals surface area (Å²) in [6.07, 6.45) is -4.33. The average molecular weight is 836 g/mol. The van der Waals surface area contributed by atoms with Crippen molar-refractivity contribution in [3.63, 3.8) is 0 Å². The number of halogens is 7. The molecule has 5 N–H and O–H groups in total. The molecule has 57 heavy (non-hydrogen) atoms. The number of amides is 1. The van der Waals surface area contributed by atoms with Crippen LogP contribution in [0.3, 0.4) is 0 Å². The van der Waals surface area contributed by atoms with E-state index in [9.17, 15) is 35.9 Å². The van der Waals surface area contributed by atoms with E-state index in [0.29, 0.717) is 22.2 Å². The number of fused-ring (bicyclic) bond motifs is 2. The maximum Gasteiger partial charge on any atom is 0.431 e. The first-order valence-corrected chi connectivity index (χ1v) is 19.6. The number of nitrogens with zero attached hydrogens (tertiary/aromatic N) is 4. The molecular weight excluding hydrogens is 800 g/mol. The van der Waals surface area contributed by atoms with Gasteiger partial charge in [0.1, 0.15) is 35.1 Å². The summed E-state index contributed by atoms with van der Waals surface area (Å²) >= 11 is 6.57. The second-order valence-corrected chi connectivity index (χ2v) is 16.6. The number of benzene rings is 2. The third-order valence-corrected chi connectivity index (χ3v) is 10.5. The van der Waals surface area contributed by atoms with Crippen LogP contribution in [0.5, 0.6) is 0 Å². The smallest absolute Gasteiger partial charge is 0.394 e. The van der Waals surface area contributed by atoms with E-state index in [1.807, 2.05) is 0 Å². The fourth-order valence-electron chi connectivity index (χ4n) is 7.08. The zero-order chi connectivity index (χ0) is 41.8. The van der Waals surface area contributed by atoms with Gasteiger partial charge in [-0.3, -0.25) is 19.2 Å². The van der Waals surface area contributed by atoms with Crippen LogP contribution in [-0.4, -0.2) is 70.4 Å². The molecule has 2 aliphatic carbocycles. The number of rotatable bonds is 9. The van der Waals surface area contributed by atoms with Crippen LogP contribution in [0, 0.1) is 29.5 Å². The van der Waals surface area contributed by atoms with Crippen molar-refractivity contribution in [1.82, 2.24) is 20.1 Å². The Hall–Kier alpha value is -5.12. The molecule has 6 rings (SSSR count). The van der Waals surface area contributed by atoms with Gasteiger partial charge in [-0.15, -0.1) is 0 Å². The third-order valence-electron chi connectivity index (χ3n) is 9.58. The molecule has 0 bridgehead atoms. The highest BCUT2D eigenvalue weighted by molar-refractivity contribution is 7.92. The van der Waals surface area contributed by atoms with Crippen LogP contribution in [-0.2, 0) is 28.3 Å². The van der Waals surface area contributed by atoms with Gasteiger partial charge in [0.25, 0.3) is 5.92 Å². The molecule has 302 valence electrons. The predicted octanol–water partition coefficient (Wildman–Crippen LogP) is 6.21. The van der Waals surface area contributed by atoms with Crippen LogP contribution in [0.2, 0.25) is 5.02 Å². The monoisotopic (exact) mass is 835 g/mol. The number of aliphatic hydroxyl groups is 1. The number of pyridine rings is 1. The summed E-state index contributed by atoms with van der Waals surface area (Å²) in [6, 6.07) is 10.4. The van der Waals surface area contributed by atoms with E-state index in [1.165, 1.54) is 55.9 Å². The van der Waals surface area contributed by atoms with Gasteiger partial charge in [-0.25, -0.2) is 17.8 Å². The SMILES string of the molecule is Cn1nc(NS(C)(=O)=O)c2c(Cl)ccc(-c3ccc(C#CC(C)(C)O)nc3[C@H](Cc3cccc(F)c3)NC(=O)CN=C3C(=C(N)C(F)(F)F)[C@H]4CC[C@H]4C3(F)F)c21. The largest absolute Gasteiger partial charge is 0.431 e. The minimum absolute atomic E-state index is 0.0468. The lowest BCUT2D eigenvalue weighted by atomic mass is 9.73. The Bertz CT molecular complexity index is 2520. The number of nitrogens with two attached hydrogens (primary N) is 1. The van der Waals surface area contributed by atoms with E-state index in [4.69, 9.17) is 22.3 Å². The number of allylic oxidation sites excluding steroid dienone is 2. The Labute approximate surface area is 328 Å². The van der Waals surface area contributed by atoms with Crippen molar-refractivity contribution in [3.8, 4) is 23.0 Å². The van der Waals surface area contributed by atoms with Gasteiger partial charge in [0, 0.05) is 29.7 Å². The molecule has 2 fully saturated rings. The summed E-state index contributed by atoms with van der Waals surface area (Å²) in [7, 11) is -2.28. The Morgan fingerprint density at radius 3 is 2.47 bits per heavy atom. The number of carbonyl (C=O) groups is 1. The summed E-state index contributed by atoms with van der Waals surface area (Å²) in [6.45, 7) is 1.86. The lowest BCUT2D eigenvalue weighted by molar-refractivity contribution is -0.120. The highest BCUT2D eigenvalue weighted by atomic mass is 35.5. The van der Waals surface area contributed by atoms with E-state index >= 15 is 8.78 Å². The number of aliphatic imine (C=N–C) groups is 1. The summed E-state index contributed by atoms with van der Waals surface area (Å²) < 4.78 is 115. The van der Waals surface area contributed by atoms with Crippen molar-refractivity contribution in [1.29, 1.82) is 0 Å². The van der Waals surface area contributed by atoms with Crippen LogP contribution in [0.1, 0.15) is 49.7 Å². The number of hydrogen-bond donors (Lipinski definition) is 4. The minimum Gasteiger partial charge on any atom is -0.394 e. The first-order valence-electron chi connectivity index (χ1n) is 17.4. The average Bonchev–Trinajstić information content (AvgIpc) is 3.46. The highest BCUT2D eigenvalue weighted by Gasteiger charge is 2.63. The molecule has 3 atom stereocenters. The van der Waals surface area contributed by atoms with E-state index in [0.717, 1.165) is 6.26 Å². The standard InChI is InChI=1S/C38H36ClF6N7O4S/c1-36(2,54)15-14-21-8-9-22(23-11-13-26(39)30-32(23)52(3)50-35(30)51-57(4,55)56)31(48-21)27(17-19-6-5-7-20(40)16-19)49-28(53)18-47-34-29(33(46)38(43,44)45)24-10-12-25(24)37(34,41)42/h5-9,11,13,16,24-25,27,54H,10,12,17-18,46H2,1-4H3,(H,49,53)(H,50,51)/t24-,25+,27-/m0/s1. The fourth-order valence-corrected chi connectivity index (χ4v) is 7.82. The molecule has 0 saturated heterocycles. The van der Waals surface area contributed by atoms with Gasteiger partial charge in [-0.2, -0.15) is 27.1 Å². The van der Waals surface area contributed by atoms with Crippen LogP contribution in [0.4, 0.5) is 32.2 Å². The lowest BCUT2D eigenvalue weighted by Gasteiger charge is -2.33. The van der Waals surface area contributed by atoms with Gasteiger partial charge in [0.2, 0.25) is 15.9 Å². The molecule has 0 unspecified atom stereocenters. The quantitative estimate of drug-likeness (QED) is 0.115. The van der Waals surface area contributed by atoms with Gasteiger partial charge in [-0.05, 0) is 80.8 Å². The number of aryl methyl sites for hydroxylation is 1. The van der Waals surface area contributed by atoms with Gasteiger partial charge in [0.15, 0.2) is 5.82 Å². The Morgan fingerprint density at radius 2 is 1.86 bits per heavy atom. The minimum atomic E-state index is -5.11. The Morgan fingerprint density at radius 1 is 1.16 bits per heavy atom. The molecule has 4 aromatic rings. The Kier molecular flexibility index (Phi) is 10.9. The van der Waals surface area contributed by atoms with Crippen LogP contribution in [0.25, 0.3) is 22.0 Å². The van der Waals surface area contributed by atoms with Gasteiger partial charge in [-0.1, -0.05) is 35.7 Å². The molecule has 2 aromatic heterocycles. The first kappa shape index (κ1) is 41.5. The van der Waals surface area contributed by atoms with E-state index < -0.39 is 80.9 Å². The van der Waals surface area contributed by atoms with Crippen molar-refractivity contribution >= 4 is 50.0 Å². The maximum absolute atomic E-state index is 15.5. The number of carbonyl (C=O) groups excluding carboxylic acids is 1. The predicted molar refractivity (Wildman–Crippen MR) is 202 cm³/mol. The molecule has 19 heteroatoms. The molecule has 11 nitrogen and oxygen atoms in total. The lowest BCUT2D eigenvalue weighted by Crippen LogP contribution is -2.37. The highest BCUT2D eigenvalue weighted by Crippen LogP contribution is 2.57. The molecule has 0 aliphatic heterocycles. The topological polar surface area (TPSA) is 165 Å². The number of anilines is 1. The summed E-state index contributed by atoms with van der Waals surface area (Å²) in [4.78, 5) is 22.2. The number of nitrogens with one attached hydrogen (secondary N) is 2. The van der Waals surface area contributed by atoms with Gasteiger partial charge >= 0.3 is 6.18 Å². The van der Waals surface area contributed by atoms with Crippen molar-refractivity contribution in [2.75, 3.05) is 17.5 Å². The van der Waals surface area contributed by atoms with E-state index in [-0.39, 0.29) is 46.9 Å². The van der Waals surface area contributed by atoms with Crippen molar-refractivity contribution < 1.29 is 44.7 Å². The summed E-state index contributed by atoms with van der Waals surface area (Å²) in [5, 5.41) is 17.7. The van der Waals surface area contributed by atoms with Crippen molar-refractivity contribution in [2.45, 2.75) is 56.9 Å². The molecule has 2 aromatic carbocycles. The summed E-state index contributed by atoms with van der Waals surface area (Å²) in [5.74, 6) is -2.63. The third kappa shape index (κ3) is 8.75. The zero-order valence-corrected chi connectivity index (χ0v) is 32.3.